The van der Waals surface area contributed by atoms with Crippen LogP contribution in [0.5, 0.6) is 0 Å². The average Bonchev–Trinajstić information content (AvgIpc) is 3.11. The summed E-state index contributed by atoms with van der Waals surface area (Å²) in [6, 6.07) is 24.7. The summed E-state index contributed by atoms with van der Waals surface area (Å²) in [5.41, 5.74) is 4.45. The first-order chi connectivity index (χ1) is 14.6. The van der Waals surface area contributed by atoms with Gasteiger partial charge in [0.05, 0.1) is 22.1 Å². The fraction of sp³-hybridized carbons (Fsp3) is 0.0800. The third kappa shape index (κ3) is 2.99. The van der Waals surface area contributed by atoms with Crippen molar-refractivity contribution in [3.8, 4) is 0 Å². The summed E-state index contributed by atoms with van der Waals surface area (Å²) in [6.07, 6.45) is 4.17. The van der Waals surface area contributed by atoms with Crippen LogP contribution in [-0.2, 0) is 16.4 Å². The SMILES string of the molecule is Cc1ccc(S(=O)(=O)n2c3ccccc3c3c(Cc4ccccc4)cncc32)cc1. The van der Waals surface area contributed by atoms with Gasteiger partial charge < -0.3 is 0 Å². The van der Waals surface area contributed by atoms with E-state index in [-0.39, 0.29) is 4.90 Å². The molecule has 0 atom stereocenters. The second kappa shape index (κ2) is 7.11. The van der Waals surface area contributed by atoms with E-state index in [0.29, 0.717) is 17.5 Å². The Morgan fingerprint density at radius 3 is 2.27 bits per heavy atom. The smallest absolute Gasteiger partial charge is 0.262 e. The van der Waals surface area contributed by atoms with Crippen LogP contribution in [0.3, 0.4) is 0 Å². The Balaban J connectivity index is 1.81. The number of aromatic nitrogens is 2. The van der Waals surface area contributed by atoms with E-state index >= 15 is 0 Å². The average molecular weight is 413 g/mol. The molecule has 4 nitrogen and oxygen atoms in total. The zero-order chi connectivity index (χ0) is 20.7. The highest BCUT2D eigenvalue weighted by Crippen LogP contribution is 2.34. The van der Waals surface area contributed by atoms with E-state index in [0.717, 1.165) is 27.5 Å². The normalized spacial score (nSPS) is 11.9. The van der Waals surface area contributed by atoms with Gasteiger partial charge in [0.1, 0.15) is 0 Å². The number of fused-ring (bicyclic) bond motifs is 3. The van der Waals surface area contributed by atoms with Crippen LogP contribution in [0.25, 0.3) is 21.8 Å². The molecule has 0 spiro atoms. The fourth-order valence-electron chi connectivity index (χ4n) is 3.97. The second-order valence-electron chi connectivity index (χ2n) is 7.45. The predicted molar refractivity (Wildman–Crippen MR) is 120 cm³/mol. The van der Waals surface area contributed by atoms with Gasteiger partial charge in [-0.3, -0.25) is 4.98 Å². The number of hydrogen-bond donors (Lipinski definition) is 0. The molecule has 0 amide bonds. The third-order valence-electron chi connectivity index (χ3n) is 5.41. The van der Waals surface area contributed by atoms with E-state index in [1.165, 1.54) is 3.97 Å². The van der Waals surface area contributed by atoms with Crippen molar-refractivity contribution in [2.45, 2.75) is 18.2 Å². The van der Waals surface area contributed by atoms with Crippen molar-refractivity contribution >= 4 is 31.8 Å². The van der Waals surface area contributed by atoms with Crippen molar-refractivity contribution in [1.82, 2.24) is 8.96 Å². The molecule has 2 aromatic heterocycles. The number of para-hydroxylation sites is 1. The minimum absolute atomic E-state index is 0.268. The lowest BCUT2D eigenvalue weighted by atomic mass is 10.0. The summed E-state index contributed by atoms with van der Waals surface area (Å²) >= 11 is 0. The van der Waals surface area contributed by atoms with Gasteiger partial charge in [0, 0.05) is 17.0 Å². The highest BCUT2D eigenvalue weighted by atomic mass is 32.2. The van der Waals surface area contributed by atoms with Crippen LogP contribution in [0.4, 0.5) is 0 Å². The first-order valence-electron chi connectivity index (χ1n) is 9.78. The van der Waals surface area contributed by atoms with E-state index in [9.17, 15) is 8.42 Å². The Labute approximate surface area is 175 Å². The number of aryl methyl sites for hydroxylation is 1. The Bertz CT molecular complexity index is 1470. The standard InChI is InChI=1S/C25H20N2O2S/c1-18-11-13-21(14-12-18)30(28,29)27-23-10-6-5-9-22(23)25-20(16-26-17-24(25)27)15-19-7-3-2-4-8-19/h2-14,16-17H,15H2,1H3. The molecule has 0 aliphatic carbocycles. The lowest BCUT2D eigenvalue weighted by molar-refractivity contribution is 0.590. The highest BCUT2D eigenvalue weighted by molar-refractivity contribution is 7.90. The summed E-state index contributed by atoms with van der Waals surface area (Å²) < 4.78 is 28.7. The summed E-state index contributed by atoms with van der Waals surface area (Å²) in [4.78, 5) is 4.67. The summed E-state index contributed by atoms with van der Waals surface area (Å²) in [5.74, 6) is 0. The molecule has 3 aromatic carbocycles. The van der Waals surface area contributed by atoms with Gasteiger partial charge in [-0.2, -0.15) is 0 Å². The highest BCUT2D eigenvalue weighted by Gasteiger charge is 2.24. The molecule has 2 heterocycles. The van der Waals surface area contributed by atoms with Crippen molar-refractivity contribution in [3.63, 3.8) is 0 Å². The van der Waals surface area contributed by atoms with Gasteiger partial charge in [-0.1, -0.05) is 66.2 Å². The van der Waals surface area contributed by atoms with Crippen LogP contribution >= 0.6 is 0 Å². The molecule has 30 heavy (non-hydrogen) atoms. The molecule has 0 fully saturated rings. The first kappa shape index (κ1) is 18.6. The van der Waals surface area contributed by atoms with E-state index in [4.69, 9.17) is 0 Å². The zero-order valence-electron chi connectivity index (χ0n) is 16.5. The molecule has 5 heteroatoms. The van der Waals surface area contributed by atoms with Gasteiger partial charge in [-0.25, -0.2) is 12.4 Å². The van der Waals surface area contributed by atoms with Gasteiger partial charge in [0.15, 0.2) is 0 Å². The van der Waals surface area contributed by atoms with E-state index in [1.54, 1.807) is 18.3 Å². The lowest BCUT2D eigenvalue weighted by Gasteiger charge is -2.10. The molecule has 0 unspecified atom stereocenters. The first-order valence-corrected chi connectivity index (χ1v) is 11.2. The van der Waals surface area contributed by atoms with Crippen LogP contribution in [0.1, 0.15) is 16.7 Å². The number of nitrogens with zero attached hydrogens (tertiary/aromatic N) is 2. The molecule has 0 radical (unpaired) electrons. The van der Waals surface area contributed by atoms with Gasteiger partial charge in [0.2, 0.25) is 0 Å². The minimum Gasteiger partial charge on any atom is -0.262 e. The second-order valence-corrected chi connectivity index (χ2v) is 9.24. The van der Waals surface area contributed by atoms with Crippen molar-refractivity contribution in [1.29, 1.82) is 0 Å². The molecular weight excluding hydrogens is 392 g/mol. The molecular formula is C25H20N2O2S. The molecule has 0 aliphatic heterocycles. The number of rotatable bonds is 4. The van der Waals surface area contributed by atoms with Crippen LogP contribution < -0.4 is 0 Å². The van der Waals surface area contributed by atoms with Crippen LogP contribution in [0.2, 0.25) is 0 Å². The largest absolute Gasteiger partial charge is 0.268 e. The predicted octanol–water partition coefficient (Wildman–Crippen LogP) is 5.33. The third-order valence-corrected chi connectivity index (χ3v) is 7.15. The lowest BCUT2D eigenvalue weighted by Crippen LogP contribution is -2.13. The molecule has 5 aromatic rings. The zero-order valence-corrected chi connectivity index (χ0v) is 17.3. The minimum atomic E-state index is -3.78. The van der Waals surface area contributed by atoms with Gasteiger partial charge in [-0.05, 0) is 42.7 Å². The number of benzene rings is 3. The van der Waals surface area contributed by atoms with Gasteiger partial charge in [-0.15, -0.1) is 0 Å². The molecule has 0 N–H and O–H groups in total. The Kier molecular flexibility index (Phi) is 4.40. The molecule has 148 valence electrons. The Morgan fingerprint density at radius 2 is 1.50 bits per heavy atom. The fourth-order valence-corrected chi connectivity index (χ4v) is 5.48. The van der Waals surface area contributed by atoms with Crippen molar-refractivity contribution in [2.24, 2.45) is 0 Å². The van der Waals surface area contributed by atoms with Crippen LogP contribution in [0.15, 0.2) is 96.2 Å². The molecule has 0 bridgehead atoms. The number of pyridine rings is 1. The summed E-state index contributed by atoms with van der Waals surface area (Å²) in [6.45, 7) is 1.94. The molecule has 0 saturated heterocycles. The maximum Gasteiger partial charge on any atom is 0.268 e. The van der Waals surface area contributed by atoms with Crippen LogP contribution in [-0.4, -0.2) is 17.4 Å². The van der Waals surface area contributed by atoms with Crippen molar-refractivity contribution in [3.05, 3.63) is 108 Å². The molecule has 0 aliphatic rings. The van der Waals surface area contributed by atoms with Crippen molar-refractivity contribution in [2.75, 3.05) is 0 Å². The van der Waals surface area contributed by atoms with E-state index in [2.05, 4.69) is 17.1 Å². The summed E-state index contributed by atoms with van der Waals surface area (Å²) in [7, 11) is -3.78. The maximum absolute atomic E-state index is 13.6. The van der Waals surface area contributed by atoms with Crippen molar-refractivity contribution < 1.29 is 8.42 Å². The summed E-state index contributed by atoms with van der Waals surface area (Å²) in [5, 5.41) is 1.84. The van der Waals surface area contributed by atoms with Gasteiger partial charge >= 0.3 is 0 Å². The van der Waals surface area contributed by atoms with Gasteiger partial charge in [0.25, 0.3) is 10.0 Å². The monoisotopic (exact) mass is 412 g/mol. The topological polar surface area (TPSA) is 52.0 Å². The molecule has 0 saturated carbocycles. The van der Waals surface area contributed by atoms with E-state index in [1.807, 2.05) is 67.7 Å². The quantitative estimate of drug-likeness (QED) is 0.401. The number of hydrogen-bond acceptors (Lipinski definition) is 3. The Hall–Kier alpha value is -3.44. The molecule has 5 rings (SSSR count). The van der Waals surface area contributed by atoms with E-state index < -0.39 is 10.0 Å². The van der Waals surface area contributed by atoms with Crippen LogP contribution in [0, 0.1) is 6.92 Å². The maximum atomic E-state index is 13.6. The Morgan fingerprint density at radius 1 is 0.800 bits per heavy atom.